The minimum absolute atomic E-state index is 0.557. The smallest absolute Gasteiger partial charge is 0.0969 e. The molecule has 0 amide bonds. The molecule has 2 saturated carbocycles. The third kappa shape index (κ3) is 2.73. The fraction of sp³-hybridized carbons (Fsp3) is 0.938. The summed E-state index contributed by atoms with van der Waals surface area (Å²) >= 11 is 0. The van der Waals surface area contributed by atoms with Gasteiger partial charge in [0.2, 0.25) is 0 Å². The van der Waals surface area contributed by atoms with Gasteiger partial charge in [0, 0.05) is 18.5 Å². The molecule has 0 spiro atoms. The van der Waals surface area contributed by atoms with Gasteiger partial charge in [0.15, 0.2) is 0 Å². The van der Waals surface area contributed by atoms with Crippen LogP contribution in [0.5, 0.6) is 0 Å². The van der Waals surface area contributed by atoms with E-state index in [1.165, 1.54) is 70.0 Å². The van der Waals surface area contributed by atoms with Crippen LogP contribution in [0.1, 0.15) is 71.1 Å². The number of nitrogens with zero attached hydrogens (tertiary/aromatic N) is 1. The second kappa shape index (κ2) is 5.63. The second-order valence-electron chi connectivity index (χ2n) is 6.71. The van der Waals surface area contributed by atoms with E-state index in [0.29, 0.717) is 6.04 Å². The van der Waals surface area contributed by atoms with Gasteiger partial charge in [-0.15, -0.1) is 0 Å². The molecule has 0 aromatic carbocycles. The Morgan fingerprint density at radius 3 is 2.50 bits per heavy atom. The molecular weight excluding hydrogens is 220 g/mol. The number of rotatable bonds is 2. The van der Waals surface area contributed by atoms with E-state index in [1.807, 2.05) is 0 Å². The summed E-state index contributed by atoms with van der Waals surface area (Å²) in [5, 5.41) is 3.81. The fourth-order valence-corrected chi connectivity index (χ4v) is 4.36. The standard InChI is InChI=1S/C16H28N2/c1-12-10-11-16(17-12)18-15-9-5-8-14(15)13-6-3-2-4-7-13/h12-15H,2-11H2,1H3,(H,17,18)/t12?,14-,15-/m1/s1. The predicted octanol–water partition coefficient (Wildman–Crippen LogP) is 3.91. The molecule has 0 bridgehead atoms. The van der Waals surface area contributed by atoms with Crippen molar-refractivity contribution in [2.45, 2.75) is 83.2 Å². The molecule has 1 N–H and O–H groups in total. The third-order valence-electron chi connectivity index (χ3n) is 5.35. The van der Waals surface area contributed by atoms with E-state index < -0.39 is 0 Å². The van der Waals surface area contributed by atoms with E-state index >= 15 is 0 Å². The molecule has 2 nitrogen and oxygen atoms in total. The van der Waals surface area contributed by atoms with Gasteiger partial charge in [0.1, 0.15) is 0 Å². The molecule has 3 aliphatic rings. The van der Waals surface area contributed by atoms with Crippen molar-refractivity contribution in [3.05, 3.63) is 0 Å². The van der Waals surface area contributed by atoms with Crippen LogP contribution in [0, 0.1) is 11.8 Å². The van der Waals surface area contributed by atoms with E-state index in [0.717, 1.165) is 17.9 Å². The van der Waals surface area contributed by atoms with Crippen LogP contribution in [0.25, 0.3) is 0 Å². The van der Waals surface area contributed by atoms with Gasteiger partial charge in [-0.3, -0.25) is 4.99 Å². The lowest BCUT2D eigenvalue weighted by molar-refractivity contribution is 0.226. The minimum Gasteiger partial charge on any atom is -0.371 e. The quantitative estimate of drug-likeness (QED) is 0.787. The zero-order valence-electron chi connectivity index (χ0n) is 11.8. The fourth-order valence-electron chi connectivity index (χ4n) is 4.36. The lowest BCUT2D eigenvalue weighted by atomic mass is 9.77. The maximum absolute atomic E-state index is 4.74. The van der Waals surface area contributed by atoms with Crippen LogP contribution in [-0.4, -0.2) is 17.9 Å². The van der Waals surface area contributed by atoms with Crippen molar-refractivity contribution in [2.24, 2.45) is 16.8 Å². The number of hydrogen-bond acceptors (Lipinski definition) is 2. The van der Waals surface area contributed by atoms with E-state index in [1.54, 1.807) is 0 Å². The molecule has 0 aromatic rings. The Balaban J connectivity index is 1.58. The van der Waals surface area contributed by atoms with E-state index in [2.05, 4.69) is 12.2 Å². The van der Waals surface area contributed by atoms with Gasteiger partial charge in [-0.1, -0.05) is 38.5 Å². The zero-order chi connectivity index (χ0) is 12.4. The summed E-state index contributed by atoms with van der Waals surface area (Å²) < 4.78 is 0. The highest BCUT2D eigenvalue weighted by Crippen LogP contribution is 2.39. The molecule has 3 atom stereocenters. The summed E-state index contributed by atoms with van der Waals surface area (Å²) in [6.07, 6.45) is 14.1. The first-order valence-electron chi connectivity index (χ1n) is 8.16. The second-order valence-corrected chi connectivity index (χ2v) is 6.71. The monoisotopic (exact) mass is 248 g/mol. The first-order valence-corrected chi connectivity index (χ1v) is 8.16. The van der Waals surface area contributed by atoms with Gasteiger partial charge in [0.25, 0.3) is 0 Å². The van der Waals surface area contributed by atoms with Crippen molar-refractivity contribution in [3.63, 3.8) is 0 Å². The van der Waals surface area contributed by atoms with Crippen LogP contribution in [0.2, 0.25) is 0 Å². The van der Waals surface area contributed by atoms with E-state index in [9.17, 15) is 0 Å². The lowest BCUT2D eigenvalue weighted by Crippen LogP contribution is -2.39. The van der Waals surface area contributed by atoms with Crippen LogP contribution < -0.4 is 5.32 Å². The molecular formula is C16H28N2. The largest absolute Gasteiger partial charge is 0.371 e. The Labute approximate surface area is 112 Å². The summed E-state index contributed by atoms with van der Waals surface area (Å²) in [7, 11) is 0. The van der Waals surface area contributed by atoms with Gasteiger partial charge in [0.05, 0.1) is 5.84 Å². The Morgan fingerprint density at radius 1 is 0.944 bits per heavy atom. The average Bonchev–Trinajstić information content (AvgIpc) is 3.00. The van der Waals surface area contributed by atoms with E-state index in [-0.39, 0.29) is 0 Å². The molecule has 3 rings (SSSR count). The lowest BCUT2D eigenvalue weighted by Gasteiger charge is -2.32. The highest BCUT2D eigenvalue weighted by molar-refractivity contribution is 5.84. The third-order valence-corrected chi connectivity index (χ3v) is 5.35. The maximum atomic E-state index is 4.74. The highest BCUT2D eigenvalue weighted by Gasteiger charge is 2.34. The molecule has 0 aromatic heterocycles. The first-order chi connectivity index (χ1) is 8.83. The van der Waals surface area contributed by atoms with Crippen LogP contribution in [0.15, 0.2) is 4.99 Å². The molecule has 2 aliphatic carbocycles. The summed E-state index contributed by atoms with van der Waals surface area (Å²) in [5.74, 6) is 3.28. The van der Waals surface area contributed by atoms with Crippen molar-refractivity contribution >= 4 is 5.84 Å². The van der Waals surface area contributed by atoms with Gasteiger partial charge in [-0.05, 0) is 38.0 Å². The molecule has 18 heavy (non-hydrogen) atoms. The Hall–Kier alpha value is -0.530. The van der Waals surface area contributed by atoms with Crippen molar-refractivity contribution in [3.8, 4) is 0 Å². The average molecular weight is 248 g/mol. The minimum atomic E-state index is 0.557. The number of nitrogens with one attached hydrogen (secondary N) is 1. The molecule has 0 saturated heterocycles. The van der Waals surface area contributed by atoms with Crippen LogP contribution >= 0.6 is 0 Å². The topological polar surface area (TPSA) is 24.4 Å². The molecule has 1 aliphatic heterocycles. The molecule has 1 heterocycles. The normalized spacial score (nSPS) is 37.8. The van der Waals surface area contributed by atoms with Crippen molar-refractivity contribution in [1.82, 2.24) is 5.32 Å². The zero-order valence-corrected chi connectivity index (χ0v) is 11.8. The Kier molecular flexibility index (Phi) is 3.91. The first kappa shape index (κ1) is 12.5. The summed E-state index contributed by atoms with van der Waals surface area (Å²) in [4.78, 5) is 4.74. The summed E-state index contributed by atoms with van der Waals surface area (Å²) in [5.41, 5.74) is 0. The van der Waals surface area contributed by atoms with Gasteiger partial charge in [-0.25, -0.2) is 0 Å². The van der Waals surface area contributed by atoms with Gasteiger partial charge >= 0.3 is 0 Å². The molecule has 0 radical (unpaired) electrons. The Bertz CT molecular complexity index is 304. The molecule has 2 fully saturated rings. The summed E-state index contributed by atoms with van der Waals surface area (Å²) in [6, 6.07) is 1.30. The molecule has 2 heteroatoms. The van der Waals surface area contributed by atoms with Crippen molar-refractivity contribution < 1.29 is 0 Å². The number of hydrogen-bond donors (Lipinski definition) is 1. The van der Waals surface area contributed by atoms with Gasteiger partial charge in [-0.2, -0.15) is 0 Å². The Morgan fingerprint density at radius 2 is 1.78 bits per heavy atom. The molecule has 102 valence electrons. The van der Waals surface area contributed by atoms with E-state index in [4.69, 9.17) is 4.99 Å². The van der Waals surface area contributed by atoms with Crippen LogP contribution in [0.3, 0.4) is 0 Å². The molecule has 1 unspecified atom stereocenters. The van der Waals surface area contributed by atoms with Crippen LogP contribution in [0.4, 0.5) is 0 Å². The van der Waals surface area contributed by atoms with Crippen molar-refractivity contribution in [2.75, 3.05) is 0 Å². The predicted molar refractivity (Wildman–Crippen MR) is 77.0 cm³/mol. The van der Waals surface area contributed by atoms with Gasteiger partial charge < -0.3 is 5.32 Å². The number of amidine groups is 1. The van der Waals surface area contributed by atoms with Crippen molar-refractivity contribution in [1.29, 1.82) is 0 Å². The maximum Gasteiger partial charge on any atom is 0.0969 e. The highest BCUT2D eigenvalue weighted by atomic mass is 15.1. The van der Waals surface area contributed by atoms with Crippen LogP contribution in [-0.2, 0) is 0 Å². The SMILES string of the molecule is CC1CCC(N[C@@H]2CCC[C@@H]2C2CCCCC2)=N1. The number of aliphatic imine (C=N–C) groups is 1. The summed E-state index contributed by atoms with van der Waals surface area (Å²) in [6.45, 7) is 2.24.